The first-order valence-electron chi connectivity index (χ1n) is 29.0. The molecule has 88 heavy (non-hydrogen) atoms. The maximum absolute atomic E-state index is 13.4. The van der Waals surface area contributed by atoms with Crippen LogP contribution in [0.15, 0.2) is 158 Å². The van der Waals surface area contributed by atoms with Crippen LogP contribution < -0.4 is 21.3 Å². The monoisotopic (exact) mass is 1190 g/mol. The molecule has 6 aromatic carbocycles. The number of amides is 4. The summed E-state index contributed by atoms with van der Waals surface area (Å²) in [5, 5.41) is 36.7. The fourth-order valence-electron chi connectivity index (χ4n) is 10.6. The first-order valence-corrected chi connectivity index (χ1v) is 29.0. The summed E-state index contributed by atoms with van der Waals surface area (Å²) in [6, 6.07) is 42.0. The lowest BCUT2D eigenvalue weighted by atomic mass is 10.0. The molecule has 2 saturated heterocycles. The molecule has 10 aromatic rings. The van der Waals surface area contributed by atoms with Crippen LogP contribution in [0, 0.1) is 11.6 Å². The van der Waals surface area contributed by atoms with Gasteiger partial charge in [-0.05, 0) is 120 Å². The van der Waals surface area contributed by atoms with Gasteiger partial charge in [-0.1, -0.05) is 55.5 Å². The third-order valence-corrected chi connectivity index (χ3v) is 15.2. The summed E-state index contributed by atoms with van der Waals surface area (Å²) in [6.07, 6.45) is 4.15. The molecule has 12 rings (SSSR count). The summed E-state index contributed by atoms with van der Waals surface area (Å²) in [6.45, 7) is 10.2. The van der Waals surface area contributed by atoms with Gasteiger partial charge in [0.1, 0.15) is 35.9 Å². The van der Waals surface area contributed by atoms with E-state index in [2.05, 4.69) is 78.3 Å². The lowest BCUT2D eigenvalue weighted by Crippen LogP contribution is -2.49. The van der Waals surface area contributed by atoms with E-state index in [1.807, 2.05) is 94.7 Å². The second-order valence-corrected chi connectivity index (χ2v) is 21.3. The molecule has 448 valence electrons. The van der Waals surface area contributed by atoms with Gasteiger partial charge >= 0.3 is 0 Å². The summed E-state index contributed by atoms with van der Waals surface area (Å²) in [5.74, 6) is 0.746. The molecule has 23 heteroatoms. The van der Waals surface area contributed by atoms with Crippen LogP contribution in [0.3, 0.4) is 0 Å². The summed E-state index contributed by atoms with van der Waals surface area (Å²) >= 11 is 0. The van der Waals surface area contributed by atoms with Crippen LogP contribution in [-0.2, 0) is 22.4 Å². The maximum atomic E-state index is 13.4. The molecular formula is C65H64F2N16O5. The topological polar surface area (TPSA) is 259 Å². The molecule has 0 aliphatic carbocycles. The number of H-pyrrole nitrogens is 2. The van der Waals surface area contributed by atoms with Crippen molar-refractivity contribution in [2.24, 2.45) is 0 Å². The van der Waals surface area contributed by atoms with Gasteiger partial charge < -0.3 is 36.2 Å². The predicted octanol–water partition coefficient (Wildman–Crippen LogP) is 9.09. The average Bonchev–Trinajstić information content (AvgIpc) is 4.32. The molecular weight excluding hydrogens is 1120 g/mol. The van der Waals surface area contributed by atoms with Gasteiger partial charge in [-0.2, -0.15) is 10.2 Å². The number of nitrogens with one attached hydrogen (secondary N) is 6. The van der Waals surface area contributed by atoms with Crippen molar-refractivity contribution in [1.82, 2.24) is 59.9 Å². The number of hydrogen-bond acceptors (Lipinski definition) is 15. The Morgan fingerprint density at radius 3 is 1.33 bits per heavy atom. The number of nitrogens with zero attached hydrogens (tertiary/aromatic N) is 10. The van der Waals surface area contributed by atoms with Crippen molar-refractivity contribution in [3.05, 3.63) is 192 Å². The lowest BCUT2D eigenvalue weighted by molar-refractivity contribution is -0.116. The number of carbonyl (C=O) groups excluding carboxylic acids is 4. The summed E-state index contributed by atoms with van der Waals surface area (Å²) in [4.78, 5) is 76.9. The minimum atomic E-state index is -0.425. The van der Waals surface area contributed by atoms with E-state index in [0.717, 1.165) is 96.3 Å². The van der Waals surface area contributed by atoms with Crippen molar-refractivity contribution >= 4 is 80.1 Å². The van der Waals surface area contributed by atoms with E-state index in [1.54, 1.807) is 24.3 Å². The predicted molar refractivity (Wildman–Crippen MR) is 333 cm³/mol. The number of fused-ring (bicyclic) bond motifs is 2. The van der Waals surface area contributed by atoms with Gasteiger partial charge in [0, 0.05) is 116 Å². The Morgan fingerprint density at radius 1 is 0.500 bits per heavy atom. The molecule has 0 spiro atoms. The second-order valence-electron chi connectivity index (χ2n) is 21.3. The number of anilines is 6. The number of rotatable bonds is 18. The summed E-state index contributed by atoms with van der Waals surface area (Å²) in [7, 11) is 0. The van der Waals surface area contributed by atoms with Crippen LogP contribution in [0.2, 0.25) is 0 Å². The zero-order valence-electron chi connectivity index (χ0n) is 48.2. The minimum Gasteiger partial charge on any atom is -0.395 e. The minimum absolute atomic E-state index is 0.0101. The van der Waals surface area contributed by atoms with E-state index >= 15 is 0 Å². The zero-order chi connectivity index (χ0) is 60.9. The number of aromatic nitrogens is 8. The molecule has 4 aromatic heterocycles. The third kappa shape index (κ3) is 15.0. The highest BCUT2D eigenvalue weighted by molar-refractivity contribution is 5.98. The first-order chi connectivity index (χ1) is 42.9. The van der Waals surface area contributed by atoms with Gasteiger partial charge in [0.05, 0.1) is 30.5 Å². The molecule has 4 amide bonds. The van der Waals surface area contributed by atoms with E-state index in [-0.39, 0.29) is 43.1 Å². The zero-order valence-corrected chi connectivity index (χ0v) is 48.2. The summed E-state index contributed by atoms with van der Waals surface area (Å²) in [5.41, 5.74) is 8.61. The van der Waals surface area contributed by atoms with Crippen molar-refractivity contribution in [1.29, 1.82) is 0 Å². The average molecular weight is 1190 g/mol. The number of piperazine rings is 2. The van der Waals surface area contributed by atoms with Gasteiger partial charge in [-0.25, -0.2) is 28.7 Å². The highest BCUT2D eigenvalue weighted by atomic mass is 19.1. The van der Waals surface area contributed by atoms with E-state index in [1.165, 1.54) is 49.1 Å². The van der Waals surface area contributed by atoms with Crippen LogP contribution in [-0.4, -0.2) is 161 Å². The van der Waals surface area contributed by atoms with Gasteiger partial charge in [-0.15, -0.1) is 0 Å². The van der Waals surface area contributed by atoms with Crippen molar-refractivity contribution in [2.45, 2.75) is 26.2 Å². The molecule has 7 N–H and O–H groups in total. The number of β-amino-alcohol motifs (C(OH)–C–C–N with tert-alkyl or cyclic N) is 1. The SMILES string of the molecule is CCCN1CCN(C(=O)c2ccc(-c3ccc4c(Nc5cc(CC(=O)Nc6cccc(F)c6)[nH]n5)ncnc4c3)cc2)CC1.O=C(Cc1cc(Nc2ncnc3cc(-c4ccc(C(=O)N5CCN(CCO)CC5)cc4)ccc23)n[nH]1)Nc1cccc(F)c1. The number of aliphatic hydroxyl groups is 1. The Morgan fingerprint density at radius 2 is 0.920 bits per heavy atom. The number of carbonyl (C=O) groups is 4. The molecule has 0 radical (unpaired) electrons. The van der Waals surface area contributed by atoms with Crippen molar-refractivity contribution in [3.8, 4) is 22.3 Å². The highest BCUT2D eigenvalue weighted by Gasteiger charge is 2.24. The van der Waals surface area contributed by atoms with Crippen LogP contribution in [0.4, 0.5) is 43.4 Å². The van der Waals surface area contributed by atoms with Crippen LogP contribution in [0.1, 0.15) is 45.4 Å². The van der Waals surface area contributed by atoms with Crippen molar-refractivity contribution in [3.63, 3.8) is 0 Å². The number of halogens is 2. The van der Waals surface area contributed by atoms with Gasteiger partial charge in [-0.3, -0.25) is 39.2 Å². The maximum Gasteiger partial charge on any atom is 0.253 e. The number of aliphatic hydroxyl groups excluding tert-OH is 1. The smallest absolute Gasteiger partial charge is 0.253 e. The Labute approximate surface area is 505 Å². The Balaban J connectivity index is 0.000000182. The molecule has 2 aliphatic heterocycles. The Hall–Kier alpha value is -10.4. The molecule has 2 fully saturated rings. The van der Waals surface area contributed by atoms with Gasteiger partial charge in [0.25, 0.3) is 11.8 Å². The number of hydrogen-bond donors (Lipinski definition) is 7. The van der Waals surface area contributed by atoms with E-state index < -0.39 is 11.6 Å². The molecule has 6 heterocycles. The van der Waals surface area contributed by atoms with Gasteiger partial charge in [0.15, 0.2) is 11.6 Å². The Bertz CT molecular complexity index is 3830. The van der Waals surface area contributed by atoms with E-state index in [0.29, 0.717) is 76.8 Å². The molecule has 0 saturated carbocycles. The number of benzene rings is 6. The first kappa shape index (κ1) is 59.4. The highest BCUT2D eigenvalue weighted by Crippen LogP contribution is 2.31. The van der Waals surface area contributed by atoms with Crippen molar-refractivity contribution < 1.29 is 33.1 Å². The van der Waals surface area contributed by atoms with Gasteiger partial charge in [0.2, 0.25) is 11.8 Å². The quantitative estimate of drug-likeness (QED) is 0.0423. The van der Waals surface area contributed by atoms with E-state index in [9.17, 15) is 28.0 Å². The fourth-order valence-corrected chi connectivity index (χ4v) is 10.6. The van der Waals surface area contributed by atoms with Crippen LogP contribution in [0.5, 0.6) is 0 Å². The second kappa shape index (κ2) is 27.8. The van der Waals surface area contributed by atoms with Crippen LogP contribution in [0.25, 0.3) is 44.1 Å². The van der Waals surface area contributed by atoms with E-state index in [4.69, 9.17) is 5.11 Å². The normalized spacial score (nSPS) is 13.6. The summed E-state index contributed by atoms with van der Waals surface area (Å²) < 4.78 is 26.8. The molecule has 2 aliphatic rings. The van der Waals surface area contributed by atoms with Crippen LogP contribution >= 0.6 is 0 Å². The molecule has 0 bridgehead atoms. The fraction of sp³-hybridized carbons (Fsp3) is 0.231. The number of aromatic amines is 2. The molecule has 21 nitrogen and oxygen atoms in total. The van der Waals surface area contributed by atoms with Crippen molar-refractivity contribution in [2.75, 3.05) is 93.3 Å². The Kier molecular flexibility index (Phi) is 18.7. The molecule has 0 atom stereocenters. The molecule has 0 unspecified atom stereocenters. The third-order valence-electron chi connectivity index (χ3n) is 15.2. The lowest BCUT2D eigenvalue weighted by Gasteiger charge is -2.34. The standard InChI is InChI=1S/C33H33FN8O2.C32H31FN8O3/c1-2-12-41-13-15-42(16-14-41)33(44)23-8-6-22(7-9-23)24-10-11-28-29(17-24)35-21-36-32(28)38-30-19-27(39-40-30)20-31(43)37-26-5-3-4-25(34)18-26;33-24-2-1-3-25(17-24)36-30(43)19-26-18-29(39-38-26)37-31-27-9-8-23(16-28(27)34-20-35-31)21-4-6-22(7-5-21)32(44)41-12-10-40(11-13-41)14-15-42/h3-11,17-19,21H,2,12-16,20H2,1H3,(H,37,43)(H2,35,36,38,39,40);1-9,16-18,20,42H,10-15,19H2,(H,36,43)(H2,34,35,37,38,39). The largest absolute Gasteiger partial charge is 0.395 e.